The summed E-state index contributed by atoms with van der Waals surface area (Å²) >= 11 is 0. The standard InChI is InChI=1S/C17H23NO2/c1-6-18-10-9-12-11-13(7-8-14(12)18)15-19-16(2,3)17(4,5)20-15/h7-11,15H,6H2,1-5H3. The summed E-state index contributed by atoms with van der Waals surface area (Å²) in [6.45, 7) is 11.5. The van der Waals surface area contributed by atoms with Crippen molar-refractivity contribution in [1.82, 2.24) is 4.57 Å². The predicted octanol–water partition coefficient (Wildman–Crippen LogP) is 4.26. The van der Waals surface area contributed by atoms with E-state index in [1.165, 1.54) is 10.9 Å². The second-order valence-corrected chi connectivity index (χ2v) is 6.51. The summed E-state index contributed by atoms with van der Waals surface area (Å²) in [6.07, 6.45) is 1.84. The van der Waals surface area contributed by atoms with Gasteiger partial charge in [0.25, 0.3) is 0 Å². The van der Waals surface area contributed by atoms with E-state index in [1.807, 2.05) is 0 Å². The van der Waals surface area contributed by atoms with Gasteiger partial charge in [0, 0.05) is 29.2 Å². The summed E-state index contributed by atoms with van der Waals surface area (Å²) in [7, 11) is 0. The summed E-state index contributed by atoms with van der Waals surface area (Å²) in [5.74, 6) is 0. The monoisotopic (exact) mass is 273 g/mol. The van der Waals surface area contributed by atoms with Crippen LogP contribution >= 0.6 is 0 Å². The molecule has 3 nitrogen and oxygen atoms in total. The Kier molecular flexibility index (Phi) is 2.96. The Balaban J connectivity index is 1.96. The van der Waals surface area contributed by atoms with Crippen molar-refractivity contribution in [3.05, 3.63) is 36.0 Å². The van der Waals surface area contributed by atoms with Crippen LogP contribution in [-0.4, -0.2) is 15.8 Å². The van der Waals surface area contributed by atoms with E-state index >= 15 is 0 Å². The molecule has 1 saturated heterocycles. The largest absolute Gasteiger partial charge is 0.348 e. The molecule has 0 bridgehead atoms. The molecule has 0 radical (unpaired) electrons. The molecule has 1 aromatic heterocycles. The molecule has 1 aliphatic heterocycles. The van der Waals surface area contributed by atoms with Gasteiger partial charge in [-0.3, -0.25) is 0 Å². The zero-order chi connectivity index (χ0) is 14.5. The minimum absolute atomic E-state index is 0.283. The lowest BCUT2D eigenvalue weighted by Crippen LogP contribution is -2.41. The maximum Gasteiger partial charge on any atom is 0.185 e. The molecule has 0 unspecified atom stereocenters. The number of hydrogen-bond donors (Lipinski definition) is 0. The zero-order valence-electron chi connectivity index (χ0n) is 12.9. The first-order chi connectivity index (χ1) is 9.34. The van der Waals surface area contributed by atoms with Crippen molar-refractivity contribution in [3.63, 3.8) is 0 Å². The third kappa shape index (κ3) is 1.97. The van der Waals surface area contributed by atoms with E-state index in [9.17, 15) is 0 Å². The number of hydrogen-bond acceptors (Lipinski definition) is 2. The van der Waals surface area contributed by atoms with Crippen LogP contribution in [0.3, 0.4) is 0 Å². The summed E-state index contributed by atoms with van der Waals surface area (Å²) in [4.78, 5) is 0. The fourth-order valence-electron chi connectivity index (χ4n) is 2.62. The Labute approximate surface area is 120 Å². The van der Waals surface area contributed by atoms with E-state index in [0.717, 1.165) is 12.1 Å². The molecule has 3 heteroatoms. The van der Waals surface area contributed by atoms with Gasteiger partial charge in [0.15, 0.2) is 6.29 Å². The second kappa shape index (κ2) is 4.34. The van der Waals surface area contributed by atoms with E-state index in [2.05, 4.69) is 69.6 Å². The van der Waals surface area contributed by atoms with Crippen molar-refractivity contribution in [2.45, 2.75) is 58.7 Å². The summed E-state index contributed by atoms with van der Waals surface area (Å²) < 4.78 is 14.4. The van der Waals surface area contributed by atoms with Crippen molar-refractivity contribution in [1.29, 1.82) is 0 Å². The normalized spacial score (nSPS) is 21.6. The molecule has 0 N–H and O–H groups in total. The van der Waals surface area contributed by atoms with Gasteiger partial charge < -0.3 is 14.0 Å². The Morgan fingerprint density at radius 2 is 1.70 bits per heavy atom. The van der Waals surface area contributed by atoms with Gasteiger partial charge in [-0.05, 0) is 52.8 Å². The molecule has 3 rings (SSSR count). The van der Waals surface area contributed by atoms with Gasteiger partial charge in [-0.1, -0.05) is 6.07 Å². The number of benzene rings is 1. The molecule has 1 aliphatic rings. The van der Waals surface area contributed by atoms with Gasteiger partial charge >= 0.3 is 0 Å². The zero-order valence-corrected chi connectivity index (χ0v) is 12.9. The maximum absolute atomic E-state index is 6.10. The number of fused-ring (bicyclic) bond motifs is 1. The van der Waals surface area contributed by atoms with Gasteiger partial charge in [0.05, 0.1) is 11.2 Å². The third-order valence-corrected chi connectivity index (χ3v) is 4.66. The SMILES string of the molecule is CCn1ccc2cc(C3OC(C)(C)C(C)(C)O3)ccc21. The van der Waals surface area contributed by atoms with Crippen molar-refractivity contribution < 1.29 is 9.47 Å². The first kappa shape index (κ1) is 13.7. The van der Waals surface area contributed by atoms with Crippen LogP contribution in [0, 0.1) is 0 Å². The maximum atomic E-state index is 6.10. The van der Waals surface area contributed by atoms with E-state index < -0.39 is 0 Å². The van der Waals surface area contributed by atoms with Crippen LogP contribution in [0.4, 0.5) is 0 Å². The predicted molar refractivity (Wildman–Crippen MR) is 80.7 cm³/mol. The fourth-order valence-corrected chi connectivity index (χ4v) is 2.62. The highest BCUT2D eigenvalue weighted by atomic mass is 16.7. The Morgan fingerprint density at radius 3 is 2.30 bits per heavy atom. The molecule has 0 saturated carbocycles. The molecule has 1 fully saturated rings. The van der Waals surface area contributed by atoms with Crippen molar-refractivity contribution in [2.75, 3.05) is 0 Å². The Hall–Kier alpha value is -1.32. The fraction of sp³-hybridized carbons (Fsp3) is 0.529. The molecule has 20 heavy (non-hydrogen) atoms. The van der Waals surface area contributed by atoms with Crippen molar-refractivity contribution in [2.24, 2.45) is 0 Å². The molecule has 0 spiro atoms. The highest BCUT2D eigenvalue weighted by molar-refractivity contribution is 5.80. The molecule has 2 heterocycles. The highest BCUT2D eigenvalue weighted by Gasteiger charge is 2.49. The van der Waals surface area contributed by atoms with Crippen LogP contribution < -0.4 is 0 Å². The van der Waals surface area contributed by atoms with Gasteiger partial charge in [0.1, 0.15) is 0 Å². The number of ether oxygens (including phenoxy) is 2. The van der Waals surface area contributed by atoms with E-state index in [1.54, 1.807) is 0 Å². The Morgan fingerprint density at radius 1 is 1.05 bits per heavy atom. The molecule has 108 valence electrons. The topological polar surface area (TPSA) is 23.4 Å². The molecule has 0 amide bonds. The molecule has 1 aromatic carbocycles. The summed E-state index contributed by atoms with van der Waals surface area (Å²) in [5.41, 5.74) is 1.77. The van der Waals surface area contributed by atoms with Crippen LogP contribution in [0.25, 0.3) is 10.9 Å². The molecular formula is C17H23NO2. The minimum atomic E-state index is -0.290. The van der Waals surface area contributed by atoms with Gasteiger partial charge in [-0.2, -0.15) is 0 Å². The van der Waals surface area contributed by atoms with Crippen LogP contribution in [0.15, 0.2) is 30.5 Å². The van der Waals surface area contributed by atoms with Crippen LogP contribution in [0.1, 0.15) is 46.5 Å². The smallest absolute Gasteiger partial charge is 0.185 e. The van der Waals surface area contributed by atoms with Crippen molar-refractivity contribution in [3.8, 4) is 0 Å². The highest BCUT2D eigenvalue weighted by Crippen LogP contribution is 2.45. The molecular weight excluding hydrogens is 250 g/mol. The molecule has 2 aromatic rings. The van der Waals surface area contributed by atoms with Gasteiger partial charge in [-0.25, -0.2) is 0 Å². The number of aryl methyl sites for hydroxylation is 1. The summed E-state index contributed by atoms with van der Waals surface area (Å²) in [6, 6.07) is 8.58. The van der Waals surface area contributed by atoms with Crippen LogP contribution in [-0.2, 0) is 16.0 Å². The van der Waals surface area contributed by atoms with E-state index in [4.69, 9.17) is 9.47 Å². The Bertz CT molecular complexity index is 623. The van der Waals surface area contributed by atoms with Gasteiger partial charge in [0.2, 0.25) is 0 Å². The molecule has 0 atom stereocenters. The number of rotatable bonds is 2. The first-order valence-corrected chi connectivity index (χ1v) is 7.28. The average Bonchev–Trinajstić information content (AvgIpc) is 2.87. The lowest BCUT2D eigenvalue weighted by molar-refractivity contribution is -0.0894. The van der Waals surface area contributed by atoms with Crippen LogP contribution in [0.2, 0.25) is 0 Å². The quantitative estimate of drug-likeness (QED) is 0.816. The van der Waals surface area contributed by atoms with Gasteiger partial charge in [-0.15, -0.1) is 0 Å². The first-order valence-electron chi connectivity index (χ1n) is 7.28. The number of aromatic nitrogens is 1. The van der Waals surface area contributed by atoms with E-state index in [-0.39, 0.29) is 17.5 Å². The van der Waals surface area contributed by atoms with E-state index in [0.29, 0.717) is 0 Å². The second-order valence-electron chi connectivity index (χ2n) is 6.51. The third-order valence-electron chi connectivity index (χ3n) is 4.66. The summed E-state index contributed by atoms with van der Waals surface area (Å²) in [5, 5.41) is 1.24. The minimum Gasteiger partial charge on any atom is -0.348 e. The molecule has 0 aliphatic carbocycles. The van der Waals surface area contributed by atoms with Crippen LogP contribution in [0.5, 0.6) is 0 Å². The average molecular weight is 273 g/mol. The lowest BCUT2D eigenvalue weighted by atomic mass is 9.90. The lowest BCUT2D eigenvalue weighted by Gasteiger charge is -2.30. The number of nitrogens with zero attached hydrogens (tertiary/aromatic N) is 1. The van der Waals surface area contributed by atoms with Crippen molar-refractivity contribution >= 4 is 10.9 Å².